The maximum absolute atomic E-state index is 12.9. The number of carbonyl (C=O) groups excluding carboxylic acids is 2. The minimum atomic E-state index is -0.597. The van der Waals surface area contributed by atoms with Crippen molar-refractivity contribution in [2.24, 2.45) is 0 Å². The molecule has 0 aliphatic carbocycles. The Bertz CT molecular complexity index is 1080. The van der Waals surface area contributed by atoms with Crippen LogP contribution in [0.15, 0.2) is 31.0 Å². The Labute approximate surface area is 205 Å². The average Bonchev–Trinajstić information content (AvgIpc) is 2.81. The molecule has 1 saturated heterocycles. The van der Waals surface area contributed by atoms with E-state index in [2.05, 4.69) is 21.4 Å². The highest BCUT2D eigenvalue weighted by Crippen LogP contribution is 2.32. The number of aromatic nitrogens is 2. The summed E-state index contributed by atoms with van der Waals surface area (Å²) < 4.78 is 21.1. The quantitative estimate of drug-likeness (QED) is 0.331. The molecule has 0 spiro atoms. The molecular formula is C25H34N4O6. The first-order valence-electron chi connectivity index (χ1n) is 11.5. The van der Waals surface area contributed by atoms with E-state index in [-0.39, 0.29) is 30.8 Å². The molecule has 2 aromatic rings. The highest BCUT2D eigenvalue weighted by Gasteiger charge is 2.37. The van der Waals surface area contributed by atoms with Crippen molar-refractivity contribution in [2.75, 3.05) is 45.4 Å². The van der Waals surface area contributed by atoms with Crippen LogP contribution >= 0.6 is 0 Å². The number of carbonyl (C=O) groups is 2. The summed E-state index contributed by atoms with van der Waals surface area (Å²) in [6.45, 7) is 13.1. The van der Waals surface area contributed by atoms with Crippen LogP contribution in [0.2, 0.25) is 0 Å². The normalized spacial score (nSPS) is 18.3. The Kier molecular flexibility index (Phi) is 8.16. The number of piperazine rings is 1. The monoisotopic (exact) mass is 486 g/mol. The molecule has 1 aliphatic rings. The number of hydrogen-bond acceptors (Lipinski definition) is 9. The summed E-state index contributed by atoms with van der Waals surface area (Å²) in [5.41, 5.74) is 0.971. The van der Waals surface area contributed by atoms with Crippen LogP contribution in [0.5, 0.6) is 6.01 Å². The van der Waals surface area contributed by atoms with E-state index in [4.69, 9.17) is 18.9 Å². The zero-order valence-electron chi connectivity index (χ0n) is 21.2. The van der Waals surface area contributed by atoms with Crippen LogP contribution in [-0.2, 0) is 14.2 Å². The van der Waals surface area contributed by atoms with Gasteiger partial charge in [0.1, 0.15) is 12.2 Å². The van der Waals surface area contributed by atoms with Crippen molar-refractivity contribution in [1.82, 2.24) is 14.9 Å². The lowest BCUT2D eigenvalue weighted by atomic mass is 10.0. The highest BCUT2D eigenvalue weighted by molar-refractivity contribution is 6.06. The molecule has 1 aliphatic heterocycles. The molecule has 3 rings (SSSR count). The van der Waals surface area contributed by atoms with Gasteiger partial charge in [0, 0.05) is 37.5 Å². The summed E-state index contributed by atoms with van der Waals surface area (Å²) >= 11 is 0. The number of rotatable bonds is 7. The van der Waals surface area contributed by atoms with Crippen molar-refractivity contribution < 1.29 is 28.5 Å². The van der Waals surface area contributed by atoms with Crippen molar-refractivity contribution in [1.29, 1.82) is 0 Å². The van der Waals surface area contributed by atoms with E-state index in [9.17, 15) is 9.59 Å². The molecule has 0 N–H and O–H groups in total. The lowest BCUT2D eigenvalue weighted by Gasteiger charge is -2.45. The van der Waals surface area contributed by atoms with Gasteiger partial charge in [-0.25, -0.2) is 14.6 Å². The van der Waals surface area contributed by atoms with Gasteiger partial charge in [0.2, 0.25) is 0 Å². The summed E-state index contributed by atoms with van der Waals surface area (Å²) in [6.07, 6.45) is 3.01. The fraction of sp³-hybridized carbons (Fsp3) is 0.520. The fourth-order valence-electron chi connectivity index (χ4n) is 4.06. The van der Waals surface area contributed by atoms with Gasteiger partial charge in [-0.3, -0.25) is 4.90 Å². The summed E-state index contributed by atoms with van der Waals surface area (Å²) in [7, 11) is 2.90. The second kappa shape index (κ2) is 10.9. The van der Waals surface area contributed by atoms with Gasteiger partial charge in [0.05, 0.1) is 36.9 Å². The van der Waals surface area contributed by atoms with Gasteiger partial charge < -0.3 is 23.8 Å². The van der Waals surface area contributed by atoms with Gasteiger partial charge in [0.15, 0.2) is 0 Å². The SMILES string of the molecule is C=C[C@H]1CN(c2ccc(C(=O)OC)c3nc(OCCOC)ncc23)C[C@H](C)N1C(=O)OC(C)(C)C. The van der Waals surface area contributed by atoms with Gasteiger partial charge in [-0.05, 0) is 39.8 Å². The second-order valence-electron chi connectivity index (χ2n) is 9.32. The number of benzene rings is 1. The third-order valence-electron chi connectivity index (χ3n) is 5.57. The number of anilines is 1. The third-order valence-corrected chi connectivity index (χ3v) is 5.57. The second-order valence-corrected chi connectivity index (χ2v) is 9.32. The van der Waals surface area contributed by atoms with Crippen LogP contribution in [0, 0.1) is 0 Å². The highest BCUT2D eigenvalue weighted by atomic mass is 16.6. The van der Waals surface area contributed by atoms with E-state index in [1.54, 1.807) is 30.3 Å². The molecule has 2 atom stereocenters. The van der Waals surface area contributed by atoms with Gasteiger partial charge in [-0.2, -0.15) is 4.98 Å². The summed E-state index contributed by atoms with van der Waals surface area (Å²) in [5.74, 6) is -0.504. The van der Waals surface area contributed by atoms with E-state index >= 15 is 0 Å². The maximum atomic E-state index is 12.9. The molecule has 1 aromatic carbocycles. The predicted molar refractivity (Wildman–Crippen MR) is 132 cm³/mol. The van der Waals surface area contributed by atoms with E-state index in [1.807, 2.05) is 33.8 Å². The van der Waals surface area contributed by atoms with Crippen LogP contribution in [0.3, 0.4) is 0 Å². The van der Waals surface area contributed by atoms with Gasteiger partial charge in [0.25, 0.3) is 0 Å². The first-order chi connectivity index (χ1) is 16.6. The first kappa shape index (κ1) is 26.2. The van der Waals surface area contributed by atoms with E-state index in [1.165, 1.54) is 7.11 Å². The average molecular weight is 487 g/mol. The number of hydrogen-bond donors (Lipinski definition) is 0. The zero-order chi connectivity index (χ0) is 25.8. The third kappa shape index (κ3) is 6.00. The number of methoxy groups -OCH3 is 2. The molecule has 10 heteroatoms. The molecule has 1 aromatic heterocycles. The van der Waals surface area contributed by atoms with E-state index in [0.717, 1.165) is 5.69 Å². The minimum Gasteiger partial charge on any atom is -0.465 e. The lowest BCUT2D eigenvalue weighted by molar-refractivity contribution is 0.00875. The Morgan fingerprint density at radius 2 is 1.94 bits per heavy atom. The van der Waals surface area contributed by atoms with Crippen molar-refractivity contribution in [3.63, 3.8) is 0 Å². The lowest BCUT2D eigenvalue weighted by Crippen LogP contribution is -2.60. The maximum Gasteiger partial charge on any atom is 0.411 e. The van der Waals surface area contributed by atoms with Gasteiger partial charge in [-0.15, -0.1) is 6.58 Å². The van der Waals surface area contributed by atoms with E-state index < -0.39 is 11.6 Å². The smallest absolute Gasteiger partial charge is 0.411 e. The molecule has 0 radical (unpaired) electrons. The molecule has 10 nitrogen and oxygen atoms in total. The Balaban J connectivity index is 1.97. The summed E-state index contributed by atoms with van der Waals surface area (Å²) in [4.78, 5) is 38.0. The standard InChI is InChI=1S/C25H34N4O6/c1-8-17-15-28(14-16(2)29(17)24(31)35-25(3,4)5)20-10-9-18(22(30)33-7)21-19(20)13-26-23(27-21)34-12-11-32-6/h8-10,13,16-17H,1,11-12,14-15H2,2-7H3/t16-,17-/m0/s1. The van der Waals surface area contributed by atoms with Gasteiger partial charge >= 0.3 is 18.1 Å². The first-order valence-corrected chi connectivity index (χ1v) is 11.5. The molecule has 0 bridgehead atoms. The van der Waals surface area contributed by atoms with Crippen molar-refractivity contribution in [3.05, 3.63) is 36.5 Å². The van der Waals surface area contributed by atoms with Crippen molar-refractivity contribution >= 4 is 28.7 Å². The molecule has 1 fully saturated rings. The van der Waals surface area contributed by atoms with Gasteiger partial charge in [-0.1, -0.05) is 6.08 Å². The largest absolute Gasteiger partial charge is 0.465 e. The number of amides is 1. The van der Waals surface area contributed by atoms with Crippen LogP contribution < -0.4 is 9.64 Å². The minimum absolute atomic E-state index is 0.143. The number of fused-ring (bicyclic) bond motifs is 1. The molecular weight excluding hydrogens is 452 g/mol. The Morgan fingerprint density at radius 3 is 2.57 bits per heavy atom. The van der Waals surface area contributed by atoms with Crippen molar-refractivity contribution in [3.8, 4) is 6.01 Å². The fourth-order valence-corrected chi connectivity index (χ4v) is 4.06. The van der Waals surface area contributed by atoms with E-state index in [0.29, 0.717) is 36.2 Å². The van der Waals surface area contributed by atoms with Crippen molar-refractivity contribution in [2.45, 2.75) is 45.4 Å². The molecule has 1 amide bonds. The number of esters is 1. The summed E-state index contributed by atoms with van der Waals surface area (Å²) in [5, 5.41) is 0.674. The summed E-state index contributed by atoms with van der Waals surface area (Å²) in [6, 6.07) is 3.24. The van der Waals surface area contributed by atoms with Crippen LogP contribution in [0.25, 0.3) is 10.9 Å². The molecule has 0 saturated carbocycles. The number of ether oxygens (including phenoxy) is 4. The zero-order valence-corrected chi connectivity index (χ0v) is 21.2. The van der Waals surface area contributed by atoms with Crippen LogP contribution in [-0.4, -0.2) is 85.1 Å². The predicted octanol–water partition coefficient (Wildman–Crippen LogP) is 3.44. The molecule has 190 valence electrons. The number of nitrogens with zero attached hydrogens (tertiary/aromatic N) is 4. The molecule has 2 heterocycles. The Hall–Kier alpha value is -3.40. The Morgan fingerprint density at radius 1 is 1.20 bits per heavy atom. The van der Waals surface area contributed by atoms with Crippen LogP contribution in [0.4, 0.5) is 10.5 Å². The van der Waals surface area contributed by atoms with Crippen LogP contribution in [0.1, 0.15) is 38.1 Å². The topological polar surface area (TPSA) is 103 Å². The molecule has 35 heavy (non-hydrogen) atoms. The molecule has 0 unspecified atom stereocenters.